The van der Waals surface area contributed by atoms with Crippen molar-refractivity contribution in [2.24, 2.45) is 11.7 Å². The number of hydrogen-bond donors (Lipinski definition) is 4. The van der Waals surface area contributed by atoms with Crippen LogP contribution in [0.2, 0.25) is 0 Å². The number of hydrogen-bond acceptors (Lipinski definition) is 10. The Labute approximate surface area is 288 Å². The first-order valence-electron chi connectivity index (χ1n) is 16.2. The van der Waals surface area contributed by atoms with Crippen molar-refractivity contribution in [3.8, 4) is 5.75 Å². The number of amides is 3. The van der Waals surface area contributed by atoms with E-state index in [4.69, 9.17) is 15.2 Å². The molecule has 0 spiro atoms. The molecule has 2 heterocycles. The van der Waals surface area contributed by atoms with Gasteiger partial charge in [-0.25, -0.2) is 9.78 Å². The van der Waals surface area contributed by atoms with Crippen LogP contribution >= 0.6 is 0 Å². The van der Waals surface area contributed by atoms with E-state index in [2.05, 4.69) is 26.0 Å². The fraction of sp³-hybridized carbons (Fsp3) is 0.382. The fourth-order valence-electron chi connectivity index (χ4n) is 5.15. The van der Waals surface area contributed by atoms with E-state index in [0.717, 1.165) is 12.8 Å². The number of carbonyl (C=O) groups is 3. The minimum absolute atomic E-state index is 0.208. The maximum atomic E-state index is 13.4. The molecule has 0 atom stereocenters. The molecule has 1 aliphatic carbocycles. The van der Waals surface area contributed by atoms with Gasteiger partial charge < -0.3 is 25.1 Å². The number of allylic oxidation sites excluding steroid dienone is 1. The number of aryl methyl sites for hydroxylation is 2. The van der Waals surface area contributed by atoms with E-state index in [-0.39, 0.29) is 41.7 Å². The number of primary amides is 1. The van der Waals surface area contributed by atoms with Gasteiger partial charge in [-0.2, -0.15) is 5.10 Å². The van der Waals surface area contributed by atoms with Crippen LogP contribution in [-0.4, -0.2) is 60.9 Å². The van der Waals surface area contributed by atoms with Crippen molar-refractivity contribution in [3.63, 3.8) is 0 Å². The Morgan fingerprint density at radius 2 is 1.88 bits per heavy atom. The second-order valence-electron chi connectivity index (χ2n) is 12.9. The van der Waals surface area contributed by atoms with Gasteiger partial charge in [-0.15, -0.1) is 0 Å². The zero-order valence-corrected chi connectivity index (χ0v) is 28.6. The number of imidazole rings is 1. The smallest absolute Gasteiger partial charge is 0.412 e. The molecule has 16 nitrogen and oxygen atoms in total. The van der Waals surface area contributed by atoms with Crippen LogP contribution < -0.4 is 26.4 Å². The van der Waals surface area contributed by atoms with Crippen molar-refractivity contribution < 1.29 is 28.8 Å². The van der Waals surface area contributed by atoms with Crippen molar-refractivity contribution in [1.82, 2.24) is 19.3 Å². The zero-order valence-electron chi connectivity index (χ0n) is 28.6. The van der Waals surface area contributed by atoms with Gasteiger partial charge in [0.05, 0.1) is 28.4 Å². The minimum Gasteiger partial charge on any atom is -0.491 e. The molecule has 4 aromatic rings. The molecule has 5 rings (SSSR count). The molecule has 0 bridgehead atoms. The van der Waals surface area contributed by atoms with E-state index in [0.29, 0.717) is 47.2 Å². The lowest BCUT2D eigenvalue weighted by molar-refractivity contribution is -0.383. The van der Waals surface area contributed by atoms with Gasteiger partial charge in [-0.1, -0.05) is 12.2 Å². The van der Waals surface area contributed by atoms with Crippen LogP contribution in [0.25, 0.3) is 11.0 Å². The van der Waals surface area contributed by atoms with Crippen LogP contribution in [0.3, 0.4) is 0 Å². The molecule has 0 unspecified atom stereocenters. The van der Waals surface area contributed by atoms with Crippen LogP contribution in [0.4, 0.5) is 27.8 Å². The molecule has 2 aromatic carbocycles. The van der Waals surface area contributed by atoms with Gasteiger partial charge in [0.1, 0.15) is 28.2 Å². The molecule has 1 aliphatic rings. The lowest BCUT2D eigenvalue weighted by Crippen LogP contribution is -2.27. The number of nitro groups is 1. The number of nitrogens with zero attached hydrogens (tertiary/aromatic N) is 5. The highest BCUT2D eigenvalue weighted by atomic mass is 16.6. The molecule has 1 saturated carbocycles. The van der Waals surface area contributed by atoms with Gasteiger partial charge in [-0.05, 0) is 83.7 Å². The quantitative estimate of drug-likeness (QED) is 0.0729. The summed E-state index contributed by atoms with van der Waals surface area (Å²) in [7, 11) is 0. The lowest BCUT2D eigenvalue weighted by Gasteiger charge is -2.19. The SMILES string of the molecule is CCn1nc(C)cc1C(=O)Nc1nc2cc(C(N)=O)cc(OCC3CC3)c2n1C/C=C/CNc1ccc(NC(=O)OC(C)(C)C)cc1[N+](=O)[O-]. The summed E-state index contributed by atoms with van der Waals surface area (Å²) in [5, 5.41) is 24.6. The second-order valence-corrected chi connectivity index (χ2v) is 12.9. The van der Waals surface area contributed by atoms with E-state index < -0.39 is 28.4 Å². The fourth-order valence-corrected chi connectivity index (χ4v) is 5.15. The molecule has 1 fully saturated rings. The highest BCUT2D eigenvalue weighted by Crippen LogP contribution is 2.35. The third kappa shape index (κ3) is 8.75. The van der Waals surface area contributed by atoms with Crippen LogP contribution in [0.1, 0.15) is 67.1 Å². The molecule has 264 valence electrons. The van der Waals surface area contributed by atoms with Crippen molar-refractivity contribution in [2.45, 2.75) is 66.2 Å². The maximum Gasteiger partial charge on any atom is 0.412 e. The van der Waals surface area contributed by atoms with Crippen molar-refractivity contribution in [2.75, 3.05) is 29.1 Å². The van der Waals surface area contributed by atoms with Gasteiger partial charge >= 0.3 is 6.09 Å². The molecule has 50 heavy (non-hydrogen) atoms. The minimum atomic E-state index is -0.727. The summed E-state index contributed by atoms with van der Waals surface area (Å²) in [6.45, 7) is 10.2. The van der Waals surface area contributed by atoms with E-state index in [1.165, 1.54) is 18.2 Å². The van der Waals surface area contributed by atoms with E-state index in [1.54, 1.807) is 67.3 Å². The van der Waals surface area contributed by atoms with Gasteiger partial charge in [0, 0.05) is 31.3 Å². The molecule has 2 aromatic heterocycles. The number of rotatable bonds is 14. The number of fused-ring (bicyclic) bond motifs is 1. The average Bonchev–Trinajstić information content (AvgIpc) is 3.70. The number of aromatic nitrogens is 4. The van der Waals surface area contributed by atoms with Crippen molar-refractivity contribution in [1.29, 1.82) is 0 Å². The summed E-state index contributed by atoms with van der Waals surface area (Å²) in [5.41, 5.74) is 7.37. The van der Waals surface area contributed by atoms with Crippen molar-refractivity contribution in [3.05, 3.63) is 75.6 Å². The second kappa shape index (κ2) is 14.7. The Bertz CT molecular complexity index is 1970. The van der Waals surface area contributed by atoms with Crippen LogP contribution in [-0.2, 0) is 17.8 Å². The predicted octanol–water partition coefficient (Wildman–Crippen LogP) is 5.62. The highest BCUT2D eigenvalue weighted by molar-refractivity contribution is 6.04. The summed E-state index contributed by atoms with van der Waals surface area (Å²) >= 11 is 0. The Balaban J connectivity index is 1.39. The first-order valence-corrected chi connectivity index (χ1v) is 16.2. The third-order valence-electron chi connectivity index (χ3n) is 7.63. The Hall–Kier alpha value is -5.93. The number of ether oxygens (including phenoxy) is 2. The van der Waals surface area contributed by atoms with Gasteiger partial charge in [-0.3, -0.25) is 35.0 Å². The standard InChI is InChI=1S/C34H41N9O7/c1-6-42-27(15-20(2)40-42)31(45)39-32-38-25-16-22(30(35)44)17-28(49-19-21-9-10-21)29(25)41(32)14-8-7-13-36-24-12-11-23(18-26(24)43(47)48)37-33(46)50-34(3,4)5/h7-8,11-12,15-18,21,36H,6,9-10,13-14,19H2,1-5H3,(H2,35,44)(H,37,46)(H,38,39,45)/b8-7+. The van der Waals surface area contributed by atoms with Crippen LogP contribution in [0.5, 0.6) is 5.75 Å². The van der Waals surface area contributed by atoms with E-state index in [9.17, 15) is 24.5 Å². The maximum absolute atomic E-state index is 13.4. The molecule has 3 amide bonds. The Morgan fingerprint density at radius 3 is 2.54 bits per heavy atom. The highest BCUT2D eigenvalue weighted by Gasteiger charge is 2.25. The largest absolute Gasteiger partial charge is 0.491 e. The number of nitro benzene ring substituents is 1. The predicted molar refractivity (Wildman–Crippen MR) is 188 cm³/mol. The number of anilines is 3. The van der Waals surface area contributed by atoms with Crippen LogP contribution in [0.15, 0.2) is 48.6 Å². The van der Waals surface area contributed by atoms with Crippen LogP contribution in [0, 0.1) is 23.0 Å². The molecular weight excluding hydrogens is 646 g/mol. The summed E-state index contributed by atoms with van der Waals surface area (Å²) in [6, 6.07) is 9.10. The first kappa shape index (κ1) is 35.4. The van der Waals surface area contributed by atoms with Gasteiger partial charge in [0.2, 0.25) is 11.9 Å². The monoisotopic (exact) mass is 687 g/mol. The normalized spacial score (nSPS) is 13.0. The molecule has 0 radical (unpaired) electrons. The summed E-state index contributed by atoms with van der Waals surface area (Å²) in [6.07, 6.45) is 4.96. The third-order valence-corrected chi connectivity index (χ3v) is 7.63. The molecule has 0 aliphatic heterocycles. The molecule has 5 N–H and O–H groups in total. The number of nitrogens with two attached hydrogens (primary N) is 1. The number of carbonyl (C=O) groups excluding carboxylic acids is 3. The summed E-state index contributed by atoms with van der Waals surface area (Å²) in [4.78, 5) is 53.7. The molecule has 0 saturated heterocycles. The number of nitrogens with one attached hydrogen (secondary N) is 3. The summed E-state index contributed by atoms with van der Waals surface area (Å²) in [5.74, 6) is -0.00679. The van der Waals surface area contributed by atoms with E-state index >= 15 is 0 Å². The molecule has 16 heteroatoms. The average molecular weight is 688 g/mol. The Morgan fingerprint density at radius 1 is 1.12 bits per heavy atom. The molecular formula is C34H41N9O7. The number of benzene rings is 2. The van der Waals surface area contributed by atoms with Gasteiger partial charge in [0.25, 0.3) is 11.6 Å². The Kier molecular flexibility index (Phi) is 10.4. The zero-order chi connectivity index (χ0) is 36.2. The summed E-state index contributed by atoms with van der Waals surface area (Å²) < 4.78 is 14.7. The lowest BCUT2D eigenvalue weighted by atomic mass is 10.1. The van der Waals surface area contributed by atoms with E-state index in [1.807, 2.05) is 6.92 Å². The topological polar surface area (TPSA) is 211 Å². The van der Waals surface area contributed by atoms with Gasteiger partial charge in [0.15, 0.2) is 0 Å². The first-order chi connectivity index (χ1) is 23.7. The van der Waals surface area contributed by atoms with Crippen molar-refractivity contribution >= 4 is 52.0 Å².